The second-order valence-electron chi connectivity index (χ2n) is 6.08. The zero-order valence-corrected chi connectivity index (χ0v) is 16.4. The number of aryl methyl sites for hydroxylation is 1. The van der Waals surface area contributed by atoms with Crippen LogP contribution in [-0.4, -0.2) is 44.6 Å². The molecule has 2 aromatic rings. The van der Waals surface area contributed by atoms with Crippen molar-refractivity contribution in [2.75, 3.05) is 26.1 Å². The molecular formula is C21H20FNO7. The lowest BCUT2D eigenvalue weighted by atomic mass is 10.1. The molecule has 8 nitrogen and oxygen atoms in total. The topological polar surface area (TPSA) is 108 Å². The van der Waals surface area contributed by atoms with Gasteiger partial charge < -0.3 is 19.5 Å². The fraction of sp³-hybridized carbons (Fsp3) is 0.238. The normalized spacial score (nSPS) is 10.1. The third kappa shape index (κ3) is 6.40. The minimum Gasteiger partial charge on any atom is -0.465 e. The third-order valence-corrected chi connectivity index (χ3v) is 4.02. The summed E-state index contributed by atoms with van der Waals surface area (Å²) in [5, 5.41) is 2.41. The molecule has 2 rings (SSSR count). The van der Waals surface area contributed by atoms with Gasteiger partial charge in [0.1, 0.15) is 5.82 Å². The largest absolute Gasteiger partial charge is 0.465 e. The molecule has 0 saturated heterocycles. The van der Waals surface area contributed by atoms with Gasteiger partial charge in [0.2, 0.25) is 0 Å². The number of ether oxygens (including phenoxy) is 3. The predicted molar refractivity (Wildman–Crippen MR) is 103 cm³/mol. The van der Waals surface area contributed by atoms with E-state index in [4.69, 9.17) is 4.74 Å². The predicted octanol–water partition coefficient (Wildman–Crippen LogP) is 2.51. The number of amides is 1. The summed E-state index contributed by atoms with van der Waals surface area (Å²) in [7, 11) is 2.37. The Balaban J connectivity index is 1.95. The second-order valence-corrected chi connectivity index (χ2v) is 6.08. The average Bonchev–Trinajstić information content (AvgIpc) is 2.76. The van der Waals surface area contributed by atoms with Gasteiger partial charge in [0.25, 0.3) is 5.91 Å². The molecule has 0 aromatic heterocycles. The van der Waals surface area contributed by atoms with Gasteiger partial charge in [0.05, 0.1) is 31.0 Å². The zero-order valence-electron chi connectivity index (χ0n) is 16.4. The van der Waals surface area contributed by atoms with E-state index in [-0.39, 0.29) is 29.1 Å². The number of anilines is 1. The highest BCUT2D eigenvalue weighted by atomic mass is 19.1. The van der Waals surface area contributed by atoms with Crippen molar-refractivity contribution >= 4 is 29.5 Å². The van der Waals surface area contributed by atoms with Gasteiger partial charge in [-0.1, -0.05) is 12.1 Å². The minimum atomic E-state index is -0.724. The standard InChI is InChI=1S/C21H20FNO7/c1-28-20(26)14-6-9-16(21(27)29-2)17(11-14)23-18(24)12-30-19(25)10-5-13-3-7-15(22)8-4-13/h3-4,6-9,11H,5,10,12H2,1-2H3,(H,23,24). The lowest BCUT2D eigenvalue weighted by Crippen LogP contribution is -2.22. The van der Waals surface area contributed by atoms with Crippen molar-refractivity contribution in [2.45, 2.75) is 12.8 Å². The van der Waals surface area contributed by atoms with Crippen LogP contribution in [0.2, 0.25) is 0 Å². The first-order chi connectivity index (χ1) is 14.3. The number of carbonyl (C=O) groups excluding carboxylic acids is 4. The summed E-state index contributed by atoms with van der Waals surface area (Å²) >= 11 is 0. The molecule has 0 fully saturated rings. The van der Waals surface area contributed by atoms with E-state index in [0.717, 1.165) is 5.56 Å². The van der Waals surface area contributed by atoms with Crippen LogP contribution in [0.25, 0.3) is 0 Å². The zero-order chi connectivity index (χ0) is 22.1. The van der Waals surface area contributed by atoms with Crippen LogP contribution in [0.1, 0.15) is 32.7 Å². The fourth-order valence-corrected chi connectivity index (χ4v) is 2.48. The number of carbonyl (C=O) groups is 4. The van der Waals surface area contributed by atoms with E-state index in [9.17, 15) is 23.6 Å². The molecule has 0 bridgehead atoms. The maximum Gasteiger partial charge on any atom is 0.339 e. The molecule has 1 N–H and O–H groups in total. The highest BCUT2D eigenvalue weighted by Crippen LogP contribution is 2.20. The van der Waals surface area contributed by atoms with Crippen LogP contribution in [0.3, 0.4) is 0 Å². The quantitative estimate of drug-likeness (QED) is 0.519. The van der Waals surface area contributed by atoms with Gasteiger partial charge in [0, 0.05) is 6.42 Å². The summed E-state index contributed by atoms with van der Waals surface area (Å²) in [6.45, 7) is -0.592. The van der Waals surface area contributed by atoms with Gasteiger partial charge in [-0.2, -0.15) is 0 Å². The Morgan fingerprint density at radius 2 is 1.60 bits per heavy atom. The van der Waals surface area contributed by atoms with Crippen LogP contribution >= 0.6 is 0 Å². The summed E-state index contributed by atoms with van der Waals surface area (Å²) in [5.74, 6) is -3.09. The molecule has 0 heterocycles. The lowest BCUT2D eigenvalue weighted by Gasteiger charge is -2.11. The average molecular weight is 417 g/mol. The molecule has 30 heavy (non-hydrogen) atoms. The van der Waals surface area contributed by atoms with Crippen LogP contribution in [0, 0.1) is 5.82 Å². The van der Waals surface area contributed by atoms with Crippen LogP contribution in [0.15, 0.2) is 42.5 Å². The van der Waals surface area contributed by atoms with Gasteiger partial charge >= 0.3 is 17.9 Å². The number of rotatable bonds is 8. The number of esters is 3. The number of methoxy groups -OCH3 is 2. The van der Waals surface area contributed by atoms with Crippen molar-refractivity contribution in [1.82, 2.24) is 0 Å². The van der Waals surface area contributed by atoms with Crippen LogP contribution in [0.4, 0.5) is 10.1 Å². The number of hydrogen-bond donors (Lipinski definition) is 1. The van der Waals surface area contributed by atoms with E-state index in [1.807, 2.05) is 0 Å². The first kappa shape index (κ1) is 22.5. The van der Waals surface area contributed by atoms with Crippen LogP contribution < -0.4 is 5.32 Å². The van der Waals surface area contributed by atoms with E-state index in [1.165, 1.54) is 44.6 Å². The first-order valence-corrected chi connectivity index (χ1v) is 8.84. The second kappa shape index (κ2) is 10.7. The van der Waals surface area contributed by atoms with E-state index >= 15 is 0 Å². The molecule has 0 spiro atoms. The molecular weight excluding hydrogens is 397 g/mol. The van der Waals surface area contributed by atoms with E-state index in [2.05, 4.69) is 14.8 Å². The minimum absolute atomic E-state index is 0.00412. The summed E-state index contributed by atoms with van der Waals surface area (Å²) in [6, 6.07) is 9.60. The summed E-state index contributed by atoms with van der Waals surface area (Å²) in [5.41, 5.74) is 0.884. The highest BCUT2D eigenvalue weighted by molar-refractivity contribution is 6.04. The molecule has 0 atom stereocenters. The number of nitrogens with one attached hydrogen (secondary N) is 1. The van der Waals surface area contributed by atoms with Crippen LogP contribution in [0.5, 0.6) is 0 Å². The summed E-state index contributed by atoms with van der Waals surface area (Å²) in [6.07, 6.45) is 0.332. The van der Waals surface area contributed by atoms with E-state index < -0.39 is 30.4 Å². The van der Waals surface area contributed by atoms with Gasteiger partial charge in [-0.05, 0) is 42.3 Å². The van der Waals surface area contributed by atoms with Crippen molar-refractivity contribution in [3.8, 4) is 0 Å². The van der Waals surface area contributed by atoms with Gasteiger partial charge in [0.15, 0.2) is 6.61 Å². The van der Waals surface area contributed by atoms with Crippen molar-refractivity contribution in [3.05, 3.63) is 65.0 Å². The Hall–Kier alpha value is -3.75. The first-order valence-electron chi connectivity index (χ1n) is 8.84. The van der Waals surface area contributed by atoms with Gasteiger partial charge in [-0.3, -0.25) is 9.59 Å². The van der Waals surface area contributed by atoms with Crippen molar-refractivity contribution in [1.29, 1.82) is 0 Å². The van der Waals surface area contributed by atoms with Gasteiger partial charge in [-0.25, -0.2) is 14.0 Å². The summed E-state index contributed by atoms with van der Waals surface area (Å²) in [4.78, 5) is 47.5. The van der Waals surface area contributed by atoms with E-state index in [0.29, 0.717) is 6.42 Å². The molecule has 0 saturated carbocycles. The Kier molecular flexibility index (Phi) is 8.04. The van der Waals surface area contributed by atoms with Crippen molar-refractivity contribution < 1.29 is 37.8 Å². The van der Waals surface area contributed by atoms with Crippen molar-refractivity contribution in [3.63, 3.8) is 0 Å². The van der Waals surface area contributed by atoms with E-state index in [1.54, 1.807) is 12.1 Å². The SMILES string of the molecule is COC(=O)c1ccc(C(=O)OC)c(NC(=O)COC(=O)CCc2ccc(F)cc2)c1. The number of hydrogen-bond acceptors (Lipinski definition) is 7. The Morgan fingerprint density at radius 1 is 0.933 bits per heavy atom. The Bertz CT molecular complexity index is 941. The molecule has 0 aliphatic heterocycles. The third-order valence-electron chi connectivity index (χ3n) is 4.02. The molecule has 2 aromatic carbocycles. The molecule has 0 aliphatic carbocycles. The molecule has 158 valence electrons. The monoisotopic (exact) mass is 417 g/mol. The molecule has 0 radical (unpaired) electrons. The molecule has 9 heteroatoms. The Labute approximate surface area is 171 Å². The highest BCUT2D eigenvalue weighted by Gasteiger charge is 2.18. The maximum atomic E-state index is 12.9. The fourth-order valence-electron chi connectivity index (χ4n) is 2.48. The molecule has 0 aliphatic rings. The smallest absolute Gasteiger partial charge is 0.339 e. The molecule has 1 amide bonds. The Morgan fingerprint density at radius 3 is 2.23 bits per heavy atom. The maximum absolute atomic E-state index is 12.9. The van der Waals surface area contributed by atoms with Crippen LogP contribution in [-0.2, 0) is 30.2 Å². The van der Waals surface area contributed by atoms with Crippen molar-refractivity contribution in [2.24, 2.45) is 0 Å². The molecule has 0 unspecified atom stereocenters. The summed E-state index contributed by atoms with van der Waals surface area (Å²) < 4.78 is 27.1. The number of halogens is 1. The number of benzene rings is 2. The van der Waals surface area contributed by atoms with Gasteiger partial charge in [-0.15, -0.1) is 0 Å². The lowest BCUT2D eigenvalue weighted by molar-refractivity contribution is -0.147.